The molecule has 1 aromatic carbocycles. The van der Waals surface area contributed by atoms with Gasteiger partial charge in [0.1, 0.15) is 0 Å². The third-order valence-electron chi connectivity index (χ3n) is 4.18. The Labute approximate surface area is 159 Å². The lowest BCUT2D eigenvalue weighted by Gasteiger charge is -2.32. The van der Waals surface area contributed by atoms with Gasteiger partial charge in [0.2, 0.25) is 5.91 Å². The SMILES string of the molecule is COC(=O)c1ccc(Cl)c(CN2CCCC(C(=O)NCCN)C2)c1.Cl. The van der Waals surface area contributed by atoms with Crippen molar-refractivity contribution in [3.8, 4) is 0 Å². The summed E-state index contributed by atoms with van der Waals surface area (Å²) in [6, 6.07) is 5.11. The van der Waals surface area contributed by atoms with Gasteiger partial charge in [-0.15, -0.1) is 12.4 Å². The molecule has 8 heteroatoms. The number of ether oxygens (including phenoxy) is 1. The number of benzene rings is 1. The molecule has 2 rings (SSSR count). The largest absolute Gasteiger partial charge is 0.465 e. The Hall–Kier alpha value is -1.34. The minimum atomic E-state index is -0.384. The molecule has 140 valence electrons. The zero-order valence-corrected chi connectivity index (χ0v) is 15.9. The molecule has 1 aliphatic heterocycles. The maximum Gasteiger partial charge on any atom is 0.337 e. The molecule has 0 bridgehead atoms. The number of piperidine rings is 1. The first-order valence-corrected chi connectivity index (χ1v) is 8.49. The van der Waals surface area contributed by atoms with E-state index in [2.05, 4.69) is 10.2 Å². The normalized spacial score (nSPS) is 17.5. The molecule has 1 fully saturated rings. The van der Waals surface area contributed by atoms with Crippen molar-refractivity contribution in [2.45, 2.75) is 19.4 Å². The summed E-state index contributed by atoms with van der Waals surface area (Å²) in [5.74, 6) is -0.363. The summed E-state index contributed by atoms with van der Waals surface area (Å²) in [6.07, 6.45) is 1.83. The number of hydrogen-bond donors (Lipinski definition) is 2. The molecular weight excluding hydrogens is 365 g/mol. The number of nitrogens with two attached hydrogens (primary N) is 1. The zero-order chi connectivity index (χ0) is 17.5. The number of methoxy groups -OCH3 is 1. The molecule has 6 nitrogen and oxygen atoms in total. The van der Waals surface area contributed by atoms with E-state index in [0.29, 0.717) is 36.8 Å². The van der Waals surface area contributed by atoms with Crippen LogP contribution < -0.4 is 11.1 Å². The van der Waals surface area contributed by atoms with Crippen LogP contribution >= 0.6 is 24.0 Å². The van der Waals surface area contributed by atoms with Gasteiger partial charge >= 0.3 is 5.97 Å². The van der Waals surface area contributed by atoms with Gasteiger partial charge in [-0.1, -0.05) is 11.6 Å². The molecule has 1 amide bonds. The molecule has 0 aromatic heterocycles. The van der Waals surface area contributed by atoms with Crippen molar-refractivity contribution in [1.82, 2.24) is 10.2 Å². The molecule has 1 aliphatic rings. The van der Waals surface area contributed by atoms with Crippen LogP contribution in [0.3, 0.4) is 0 Å². The highest BCUT2D eigenvalue weighted by Crippen LogP contribution is 2.23. The summed E-state index contributed by atoms with van der Waals surface area (Å²) >= 11 is 6.26. The molecule has 1 saturated heterocycles. The second-order valence-corrected chi connectivity index (χ2v) is 6.36. The van der Waals surface area contributed by atoms with Gasteiger partial charge in [-0.05, 0) is 43.1 Å². The molecule has 1 aromatic rings. The maximum atomic E-state index is 12.1. The molecule has 0 saturated carbocycles. The van der Waals surface area contributed by atoms with Gasteiger partial charge in [0.25, 0.3) is 0 Å². The molecule has 1 heterocycles. The zero-order valence-electron chi connectivity index (χ0n) is 14.3. The fraction of sp³-hybridized carbons (Fsp3) is 0.529. The second-order valence-electron chi connectivity index (χ2n) is 5.95. The van der Waals surface area contributed by atoms with E-state index >= 15 is 0 Å². The van der Waals surface area contributed by atoms with Crippen molar-refractivity contribution in [3.05, 3.63) is 34.3 Å². The number of esters is 1. The van der Waals surface area contributed by atoms with Gasteiger partial charge in [0.05, 0.1) is 18.6 Å². The monoisotopic (exact) mass is 389 g/mol. The summed E-state index contributed by atoms with van der Waals surface area (Å²) in [5, 5.41) is 3.46. The first-order valence-electron chi connectivity index (χ1n) is 8.12. The van der Waals surface area contributed by atoms with E-state index in [9.17, 15) is 9.59 Å². The van der Waals surface area contributed by atoms with Crippen LogP contribution in [0.5, 0.6) is 0 Å². The Morgan fingerprint density at radius 2 is 2.20 bits per heavy atom. The number of rotatable bonds is 6. The fourth-order valence-corrected chi connectivity index (χ4v) is 3.11. The standard InChI is InChI=1S/C17H24ClN3O3.ClH/c1-24-17(23)12-4-5-15(18)14(9-12)11-21-8-2-3-13(10-21)16(22)20-7-6-19;/h4-5,9,13H,2-3,6-8,10-11,19H2,1H3,(H,20,22);1H. The van der Waals surface area contributed by atoms with E-state index in [1.165, 1.54) is 7.11 Å². The number of amides is 1. The van der Waals surface area contributed by atoms with Crippen molar-refractivity contribution in [3.63, 3.8) is 0 Å². The predicted octanol–water partition coefficient (Wildman–Crippen LogP) is 1.84. The second kappa shape index (κ2) is 10.6. The minimum absolute atomic E-state index is 0. The smallest absolute Gasteiger partial charge is 0.337 e. The topological polar surface area (TPSA) is 84.7 Å². The lowest BCUT2D eigenvalue weighted by molar-refractivity contribution is -0.126. The molecule has 3 N–H and O–H groups in total. The van der Waals surface area contributed by atoms with Crippen LogP contribution in [0.4, 0.5) is 0 Å². The van der Waals surface area contributed by atoms with Crippen LogP contribution in [0.1, 0.15) is 28.8 Å². The van der Waals surface area contributed by atoms with Crippen LogP contribution in [0.15, 0.2) is 18.2 Å². The Morgan fingerprint density at radius 3 is 2.88 bits per heavy atom. The van der Waals surface area contributed by atoms with Crippen molar-refractivity contribution in [1.29, 1.82) is 0 Å². The third kappa shape index (κ3) is 6.15. The van der Waals surface area contributed by atoms with Gasteiger partial charge in [0, 0.05) is 31.2 Å². The maximum absolute atomic E-state index is 12.1. The summed E-state index contributed by atoms with van der Waals surface area (Å²) in [4.78, 5) is 26.0. The summed E-state index contributed by atoms with van der Waals surface area (Å²) in [6.45, 7) is 3.12. The molecule has 25 heavy (non-hydrogen) atoms. The van der Waals surface area contributed by atoms with Gasteiger partial charge < -0.3 is 15.8 Å². The minimum Gasteiger partial charge on any atom is -0.465 e. The number of halogens is 2. The first kappa shape index (κ1) is 21.7. The quantitative estimate of drug-likeness (QED) is 0.724. The van der Waals surface area contributed by atoms with E-state index in [1.807, 2.05) is 0 Å². The van der Waals surface area contributed by atoms with E-state index in [0.717, 1.165) is 24.9 Å². The number of hydrogen-bond acceptors (Lipinski definition) is 5. The van der Waals surface area contributed by atoms with E-state index in [-0.39, 0.29) is 30.2 Å². The van der Waals surface area contributed by atoms with E-state index in [4.69, 9.17) is 22.1 Å². The summed E-state index contributed by atoms with van der Waals surface area (Å²) < 4.78 is 4.75. The van der Waals surface area contributed by atoms with Crippen LogP contribution in [0.2, 0.25) is 5.02 Å². The number of likely N-dealkylation sites (tertiary alicyclic amines) is 1. The van der Waals surface area contributed by atoms with E-state index in [1.54, 1.807) is 18.2 Å². The molecule has 0 spiro atoms. The molecule has 1 unspecified atom stereocenters. The fourth-order valence-electron chi connectivity index (χ4n) is 2.93. The highest BCUT2D eigenvalue weighted by molar-refractivity contribution is 6.31. The molecular formula is C17H25Cl2N3O3. The first-order chi connectivity index (χ1) is 11.5. The van der Waals surface area contributed by atoms with Crippen molar-refractivity contribution in [2.24, 2.45) is 11.7 Å². The van der Waals surface area contributed by atoms with Gasteiger partial charge in [-0.25, -0.2) is 4.79 Å². The van der Waals surface area contributed by atoms with Gasteiger partial charge in [-0.3, -0.25) is 9.69 Å². The number of carbonyl (C=O) groups is 2. The van der Waals surface area contributed by atoms with Crippen molar-refractivity contribution < 1.29 is 14.3 Å². The highest BCUT2D eigenvalue weighted by atomic mass is 35.5. The molecule has 1 atom stereocenters. The lowest BCUT2D eigenvalue weighted by Crippen LogP contribution is -2.43. The van der Waals surface area contributed by atoms with Crippen LogP contribution in [0, 0.1) is 5.92 Å². The van der Waals surface area contributed by atoms with E-state index < -0.39 is 0 Å². The van der Waals surface area contributed by atoms with Crippen LogP contribution in [-0.2, 0) is 16.1 Å². The summed E-state index contributed by atoms with van der Waals surface area (Å²) in [5.41, 5.74) is 6.77. The number of carbonyl (C=O) groups excluding carboxylic acids is 2. The molecule has 0 radical (unpaired) electrons. The van der Waals surface area contributed by atoms with Crippen molar-refractivity contribution >= 4 is 35.9 Å². The average Bonchev–Trinajstić information content (AvgIpc) is 2.61. The lowest BCUT2D eigenvalue weighted by atomic mass is 9.96. The third-order valence-corrected chi connectivity index (χ3v) is 4.55. The Balaban J connectivity index is 0.00000312. The Morgan fingerprint density at radius 1 is 1.44 bits per heavy atom. The van der Waals surface area contributed by atoms with Crippen LogP contribution in [-0.4, -0.2) is 50.1 Å². The highest BCUT2D eigenvalue weighted by Gasteiger charge is 2.26. The summed E-state index contributed by atoms with van der Waals surface area (Å²) in [7, 11) is 1.35. The Kier molecular flexibility index (Phi) is 9.21. The number of nitrogens with zero attached hydrogens (tertiary/aromatic N) is 1. The van der Waals surface area contributed by atoms with Gasteiger partial charge in [-0.2, -0.15) is 0 Å². The predicted molar refractivity (Wildman–Crippen MR) is 100 cm³/mol. The van der Waals surface area contributed by atoms with Gasteiger partial charge in [0.15, 0.2) is 0 Å². The molecule has 0 aliphatic carbocycles. The number of nitrogens with one attached hydrogen (secondary N) is 1. The average molecular weight is 390 g/mol. The Bertz CT molecular complexity index is 599. The van der Waals surface area contributed by atoms with Crippen LogP contribution in [0.25, 0.3) is 0 Å². The van der Waals surface area contributed by atoms with Crippen molar-refractivity contribution in [2.75, 3.05) is 33.3 Å².